The number of benzene rings is 1. The highest BCUT2D eigenvalue weighted by Gasteiger charge is 2.20. The van der Waals surface area contributed by atoms with E-state index in [1.165, 1.54) is 0 Å². The SMILES string of the molecule is N=C(N)CCOc1c(F)c(F)cc(F)c1F. The molecule has 7 heteroatoms. The van der Waals surface area contributed by atoms with Crippen LogP contribution in [0.1, 0.15) is 6.42 Å². The lowest BCUT2D eigenvalue weighted by Gasteiger charge is -2.08. The molecule has 0 atom stereocenters. The molecule has 1 rings (SSSR count). The third-order valence-electron chi connectivity index (χ3n) is 1.69. The van der Waals surface area contributed by atoms with E-state index in [0.29, 0.717) is 0 Å². The van der Waals surface area contributed by atoms with E-state index in [1.54, 1.807) is 0 Å². The first-order chi connectivity index (χ1) is 7.43. The molecule has 0 aliphatic carbocycles. The van der Waals surface area contributed by atoms with Gasteiger partial charge in [0.15, 0.2) is 17.4 Å². The normalized spacial score (nSPS) is 10.2. The van der Waals surface area contributed by atoms with E-state index in [0.717, 1.165) is 0 Å². The lowest BCUT2D eigenvalue weighted by atomic mass is 10.3. The summed E-state index contributed by atoms with van der Waals surface area (Å²) in [6, 6.07) is 0.0858. The van der Waals surface area contributed by atoms with Gasteiger partial charge >= 0.3 is 0 Å². The average Bonchev–Trinajstić information content (AvgIpc) is 2.20. The van der Waals surface area contributed by atoms with E-state index >= 15 is 0 Å². The number of hydrogen-bond donors (Lipinski definition) is 2. The third-order valence-corrected chi connectivity index (χ3v) is 1.69. The molecule has 0 saturated heterocycles. The van der Waals surface area contributed by atoms with Gasteiger partial charge in [-0.1, -0.05) is 0 Å². The first-order valence-electron chi connectivity index (χ1n) is 4.22. The molecule has 0 fully saturated rings. The van der Waals surface area contributed by atoms with Gasteiger partial charge in [0.05, 0.1) is 12.4 Å². The molecule has 0 unspecified atom stereocenters. The van der Waals surface area contributed by atoms with Crippen LogP contribution >= 0.6 is 0 Å². The Morgan fingerprint density at radius 1 is 1.19 bits per heavy atom. The third kappa shape index (κ3) is 2.62. The highest BCUT2D eigenvalue weighted by molar-refractivity contribution is 5.76. The fraction of sp³-hybridized carbons (Fsp3) is 0.222. The highest BCUT2D eigenvalue weighted by atomic mass is 19.2. The summed E-state index contributed by atoms with van der Waals surface area (Å²) in [6.07, 6.45) is -0.100. The van der Waals surface area contributed by atoms with Crippen LogP contribution in [0.25, 0.3) is 0 Å². The van der Waals surface area contributed by atoms with Gasteiger partial charge in [-0.15, -0.1) is 0 Å². The van der Waals surface area contributed by atoms with Crippen LogP contribution < -0.4 is 10.5 Å². The number of amidine groups is 1. The molecule has 16 heavy (non-hydrogen) atoms. The Bertz CT molecular complexity index is 396. The number of halogens is 4. The van der Waals surface area contributed by atoms with E-state index in [1.807, 2.05) is 0 Å². The molecule has 0 radical (unpaired) electrons. The largest absolute Gasteiger partial charge is 0.487 e. The Balaban J connectivity index is 2.90. The molecular weight excluding hydrogens is 228 g/mol. The van der Waals surface area contributed by atoms with Crippen molar-refractivity contribution in [3.8, 4) is 5.75 Å². The monoisotopic (exact) mass is 236 g/mol. The minimum absolute atomic E-state index is 0.0858. The quantitative estimate of drug-likeness (QED) is 0.363. The Kier molecular flexibility index (Phi) is 3.70. The van der Waals surface area contributed by atoms with Crippen LogP contribution in [0.15, 0.2) is 6.07 Å². The maximum absolute atomic E-state index is 13.0. The topological polar surface area (TPSA) is 59.1 Å². The number of hydrogen-bond acceptors (Lipinski definition) is 2. The van der Waals surface area contributed by atoms with Crippen molar-refractivity contribution in [2.45, 2.75) is 6.42 Å². The van der Waals surface area contributed by atoms with Crippen molar-refractivity contribution in [2.24, 2.45) is 5.73 Å². The van der Waals surface area contributed by atoms with Crippen LogP contribution in [0.4, 0.5) is 17.6 Å². The predicted octanol–water partition coefficient (Wildman–Crippen LogP) is 1.95. The Morgan fingerprint density at radius 2 is 1.69 bits per heavy atom. The highest BCUT2D eigenvalue weighted by Crippen LogP contribution is 2.26. The Hall–Kier alpha value is -1.79. The molecule has 0 spiro atoms. The van der Waals surface area contributed by atoms with E-state index in [-0.39, 0.29) is 24.9 Å². The van der Waals surface area contributed by atoms with Crippen LogP contribution in [-0.2, 0) is 0 Å². The van der Waals surface area contributed by atoms with Crippen molar-refractivity contribution in [2.75, 3.05) is 6.61 Å². The van der Waals surface area contributed by atoms with Crippen LogP contribution in [0.2, 0.25) is 0 Å². The molecule has 0 bridgehead atoms. The molecule has 0 aliphatic rings. The number of nitrogens with two attached hydrogens (primary N) is 1. The van der Waals surface area contributed by atoms with Crippen molar-refractivity contribution >= 4 is 5.84 Å². The van der Waals surface area contributed by atoms with Crippen LogP contribution in [0, 0.1) is 28.7 Å². The number of rotatable bonds is 4. The van der Waals surface area contributed by atoms with E-state index < -0.39 is 29.0 Å². The Morgan fingerprint density at radius 3 is 2.12 bits per heavy atom. The van der Waals surface area contributed by atoms with Crippen molar-refractivity contribution in [3.05, 3.63) is 29.3 Å². The van der Waals surface area contributed by atoms with Crippen LogP contribution in [0.3, 0.4) is 0 Å². The first kappa shape index (κ1) is 12.3. The molecular formula is C9H8F4N2O. The average molecular weight is 236 g/mol. The van der Waals surface area contributed by atoms with Crippen LogP contribution in [0.5, 0.6) is 5.75 Å². The maximum Gasteiger partial charge on any atom is 0.203 e. The second-order valence-corrected chi connectivity index (χ2v) is 2.92. The van der Waals surface area contributed by atoms with E-state index in [4.69, 9.17) is 11.1 Å². The minimum atomic E-state index is -1.61. The Labute approximate surface area is 88.3 Å². The first-order valence-corrected chi connectivity index (χ1v) is 4.22. The number of ether oxygens (including phenoxy) is 1. The summed E-state index contributed by atoms with van der Waals surface area (Å²) in [6.45, 7) is -0.341. The van der Waals surface area contributed by atoms with Gasteiger partial charge in [0.2, 0.25) is 11.6 Å². The van der Waals surface area contributed by atoms with Gasteiger partial charge < -0.3 is 10.5 Å². The summed E-state index contributed by atoms with van der Waals surface area (Å²) < 4.78 is 55.8. The van der Waals surface area contributed by atoms with Crippen molar-refractivity contribution in [3.63, 3.8) is 0 Å². The van der Waals surface area contributed by atoms with Crippen LogP contribution in [-0.4, -0.2) is 12.4 Å². The van der Waals surface area contributed by atoms with Crippen molar-refractivity contribution in [1.82, 2.24) is 0 Å². The fourth-order valence-corrected chi connectivity index (χ4v) is 0.941. The van der Waals surface area contributed by atoms with Gasteiger partial charge in [0.1, 0.15) is 0 Å². The van der Waals surface area contributed by atoms with Gasteiger partial charge in [0.25, 0.3) is 0 Å². The summed E-state index contributed by atoms with van der Waals surface area (Å²) in [5.74, 6) is -7.71. The molecule has 3 nitrogen and oxygen atoms in total. The molecule has 0 aliphatic heterocycles. The lowest BCUT2D eigenvalue weighted by molar-refractivity contribution is 0.279. The molecule has 0 aromatic heterocycles. The van der Waals surface area contributed by atoms with Gasteiger partial charge in [0, 0.05) is 12.5 Å². The fourth-order valence-electron chi connectivity index (χ4n) is 0.941. The zero-order valence-corrected chi connectivity index (χ0v) is 7.99. The molecule has 1 aromatic carbocycles. The van der Waals surface area contributed by atoms with Gasteiger partial charge in [-0.25, -0.2) is 8.78 Å². The van der Waals surface area contributed by atoms with Crippen molar-refractivity contribution in [1.29, 1.82) is 5.41 Å². The van der Waals surface area contributed by atoms with E-state index in [2.05, 4.69) is 4.74 Å². The standard InChI is InChI=1S/C9H8F4N2O/c10-4-3-5(11)8(13)9(7(4)12)16-2-1-6(14)15/h3H,1-2H2,(H3,14,15). The molecule has 0 amide bonds. The molecule has 0 saturated carbocycles. The van der Waals surface area contributed by atoms with Gasteiger partial charge in [-0.05, 0) is 0 Å². The maximum atomic E-state index is 13.0. The minimum Gasteiger partial charge on any atom is -0.487 e. The smallest absolute Gasteiger partial charge is 0.203 e. The lowest BCUT2D eigenvalue weighted by Crippen LogP contribution is -2.15. The van der Waals surface area contributed by atoms with E-state index in [9.17, 15) is 17.6 Å². The predicted molar refractivity (Wildman–Crippen MR) is 48.3 cm³/mol. The van der Waals surface area contributed by atoms with Gasteiger partial charge in [-0.3, -0.25) is 5.41 Å². The summed E-state index contributed by atoms with van der Waals surface area (Å²) in [5, 5.41) is 6.81. The van der Waals surface area contributed by atoms with Gasteiger partial charge in [-0.2, -0.15) is 8.78 Å². The summed E-state index contributed by atoms with van der Waals surface area (Å²) >= 11 is 0. The molecule has 3 N–H and O–H groups in total. The molecule has 1 aromatic rings. The zero-order valence-electron chi connectivity index (χ0n) is 7.99. The second kappa shape index (κ2) is 4.82. The second-order valence-electron chi connectivity index (χ2n) is 2.92. The summed E-state index contributed by atoms with van der Waals surface area (Å²) in [5.41, 5.74) is 4.96. The zero-order chi connectivity index (χ0) is 12.3. The summed E-state index contributed by atoms with van der Waals surface area (Å²) in [4.78, 5) is 0. The summed E-state index contributed by atoms with van der Waals surface area (Å²) in [7, 11) is 0. The molecule has 0 heterocycles. The number of nitrogens with one attached hydrogen (secondary N) is 1. The molecule has 88 valence electrons. The van der Waals surface area contributed by atoms with Crippen molar-refractivity contribution < 1.29 is 22.3 Å².